The normalized spacial score (nSPS) is 16.5. The van der Waals surface area contributed by atoms with Gasteiger partial charge in [0.15, 0.2) is 5.78 Å². The molecule has 0 N–H and O–H groups in total. The summed E-state index contributed by atoms with van der Waals surface area (Å²) in [5, 5.41) is 17.9. The Balaban J connectivity index is 1.66. The minimum atomic E-state index is 0.0161. The number of carbonyl (C=O) groups is 1. The maximum atomic E-state index is 12.5. The fraction of sp³-hybridized carbons (Fsp3) is 0. The first-order valence-electron chi connectivity index (χ1n) is 6.08. The van der Waals surface area contributed by atoms with Crippen LogP contribution in [-0.2, 0) is 0 Å². The molecule has 0 unspecified atom stereocenters. The molecule has 2 aromatic carbocycles. The van der Waals surface area contributed by atoms with Gasteiger partial charge in [0.2, 0.25) is 0 Å². The molecule has 0 spiro atoms. The van der Waals surface area contributed by atoms with Crippen LogP contribution in [0.4, 0.5) is 11.4 Å². The predicted octanol–water partition coefficient (Wildman–Crippen LogP) is 3.10. The van der Waals surface area contributed by atoms with Gasteiger partial charge in [-0.05, 0) is 56.3 Å². The van der Waals surface area contributed by atoms with E-state index >= 15 is 0 Å². The van der Waals surface area contributed by atoms with Crippen LogP contribution in [0.15, 0.2) is 57.3 Å². The van der Waals surface area contributed by atoms with Crippen LogP contribution in [0.2, 0.25) is 0 Å². The van der Waals surface area contributed by atoms with Crippen molar-refractivity contribution in [1.82, 2.24) is 0 Å². The van der Waals surface area contributed by atoms with E-state index in [2.05, 4.69) is 20.9 Å². The molecule has 0 aromatic heterocycles. The molecule has 2 heterocycles. The van der Waals surface area contributed by atoms with Crippen molar-refractivity contribution in [2.24, 2.45) is 20.9 Å². The molecule has 0 atom stereocenters. The first-order valence-corrected chi connectivity index (χ1v) is 6.08. The first-order chi connectivity index (χ1) is 9.81. The molecule has 0 saturated heterocycles. The Bertz CT molecular complexity index is 774. The Morgan fingerprint density at radius 3 is 1.50 bits per heavy atom. The molecule has 20 heavy (non-hydrogen) atoms. The Labute approximate surface area is 112 Å². The molecule has 0 saturated carbocycles. The van der Waals surface area contributed by atoms with Crippen LogP contribution in [0.25, 0.3) is 11.1 Å². The molecular weight excluding hydrogens is 256 g/mol. The van der Waals surface area contributed by atoms with Gasteiger partial charge in [-0.25, -0.2) is 0 Å². The third-order valence-electron chi connectivity index (χ3n) is 3.61. The molecule has 94 valence electrons. The largest absolute Gasteiger partial charge is 0.289 e. The molecule has 5 rings (SSSR count). The number of anilines is 2. The van der Waals surface area contributed by atoms with Crippen LogP contribution in [0.1, 0.15) is 15.9 Å². The zero-order chi connectivity index (χ0) is 13.3. The number of nitrogens with zero attached hydrogens (tertiary/aromatic N) is 6. The summed E-state index contributed by atoms with van der Waals surface area (Å²) in [6.07, 6.45) is 0. The summed E-state index contributed by atoms with van der Waals surface area (Å²) >= 11 is 0. The summed E-state index contributed by atoms with van der Waals surface area (Å²) in [4.78, 5) is 12.5. The zero-order valence-corrected chi connectivity index (χ0v) is 10.1. The van der Waals surface area contributed by atoms with E-state index < -0.39 is 0 Å². The van der Waals surface area contributed by atoms with E-state index in [1.54, 1.807) is 0 Å². The Morgan fingerprint density at radius 1 is 0.650 bits per heavy atom. The van der Waals surface area contributed by atoms with Gasteiger partial charge in [0.25, 0.3) is 0 Å². The molecule has 7 nitrogen and oxygen atoms in total. The second kappa shape index (κ2) is 3.08. The number of benzene rings is 2. The predicted molar refractivity (Wildman–Crippen MR) is 70.0 cm³/mol. The van der Waals surface area contributed by atoms with Crippen LogP contribution in [-0.4, -0.2) is 5.78 Å². The third kappa shape index (κ3) is 1.21. The fourth-order valence-electron chi connectivity index (χ4n) is 2.55. The first kappa shape index (κ1) is 9.79. The highest BCUT2D eigenvalue weighted by molar-refractivity contribution is 6.22. The third-order valence-corrected chi connectivity index (χ3v) is 3.61. The molecule has 3 aliphatic rings. The van der Waals surface area contributed by atoms with Crippen molar-refractivity contribution in [3.8, 4) is 11.1 Å². The SMILES string of the molecule is O=C1c2cc(N3N=N3)ccc2-c2ccc(N3N=N3)cc21. The van der Waals surface area contributed by atoms with Gasteiger partial charge >= 0.3 is 0 Å². The standard InChI is InChI=1S/C13H6N6O/c20-13-11-5-7(18-14-15-18)1-3-9(11)10-4-2-8(6-12(10)13)19-16-17-19/h1-6H. The summed E-state index contributed by atoms with van der Waals surface area (Å²) in [7, 11) is 0. The van der Waals surface area contributed by atoms with Crippen LogP contribution in [0.5, 0.6) is 0 Å². The van der Waals surface area contributed by atoms with Crippen molar-refractivity contribution >= 4 is 17.2 Å². The van der Waals surface area contributed by atoms with Crippen molar-refractivity contribution in [3.05, 3.63) is 47.5 Å². The summed E-state index contributed by atoms with van der Waals surface area (Å²) in [6, 6.07) is 11.3. The Hall–Kier alpha value is -3.09. The van der Waals surface area contributed by atoms with E-state index in [1.165, 1.54) is 10.2 Å². The van der Waals surface area contributed by atoms with E-state index in [-0.39, 0.29) is 5.78 Å². The molecule has 7 heteroatoms. The molecule has 0 fully saturated rings. The minimum absolute atomic E-state index is 0.0161. The van der Waals surface area contributed by atoms with Gasteiger partial charge in [-0.2, -0.15) is 0 Å². The highest BCUT2D eigenvalue weighted by Crippen LogP contribution is 2.41. The van der Waals surface area contributed by atoms with Gasteiger partial charge in [-0.1, -0.05) is 12.1 Å². The smallest absolute Gasteiger partial charge is 0.194 e. The van der Waals surface area contributed by atoms with Gasteiger partial charge in [0.1, 0.15) is 0 Å². The molecule has 0 radical (unpaired) electrons. The van der Waals surface area contributed by atoms with E-state index in [1.807, 2.05) is 36.4 Å². The minimum Gasteiger partial charge on any atom is -0.289 e. The average molecular weight is 262 g/mol. The monoisotopic (exact) mass is 262 g/mol. The summed E-state index contributed by atoms with van der Waals surface area (Å²) in [5.74, 6) is 0.0161. The number of hydrogen-bond acceptors (Lipinski definition) is 7. The van der Waals surface area contributed by atoms with Crippen LogP contribution >= 0.6 is 0 Å². The lowest BCUT2D eigenvalue weighted by atomic mass is 10.1. The van der Waals surface area contributed by atoms with Crippen molar-refractivity contribution in [2.45, 2.75) is 0 Å². The summed E-state index contributed by atoms with van der Waals surface area (Å²) in [5.41, 5.74) is 4.88. The van der Waals surface area contributed by atoms with Gasteiger partial charge in [0, 0.05) is 11.1 Å². The quantitative estimate of drug-likeness (QED) is 0.712. The molecule has 0 amide bonds. The zero-order valence-electron chi connectivity index (χ0n) is 10.1. The lowest BCUT2D eigenvalue weighted by molar-refractivity contribution is 0.104. The van der Waals surface area contributed by atoms with E-state index in [9.17, 15) is 4.79 Å². The van der Waals surface area contributed by atoms with E-state index in [0.29, 0.717) is 11.1 Å². The number of rotatable bonds is 2. The maximum absolute atomic E-state index is 12.5. The van der Waals surface area contributed by atoms with Gasteiger partial charge in [0.05, 0.1) is 11.4 Å². The second-order valence-electron chi connectivity index (χ2n) is 4.73. The number of hydrogen-bond donors (Lipinski definition) is 0. The van der Waals surface area contributed by atoms with Gasteiger partial charge < -0.3 is 0 Å². The van der Waals surface area contributed by atoms with Crippen molar-refractivity contribution in [3.63, 3.8) is 0 Å². The lowest BCUT2D eigenvalue weighted by Crippen LogP contribution is -1.98. The van der Waals surface area contributed by atoms with Gasteiger partial charge in [-0.15, -0.1) is 10.2 Å². The van der Waals surface area contributed by atoms with Gasteiger partial charge in [-0.3, -0.25) is 4.79 Å². The number of carbonyl (C=O) groups excluding carboxylic acids is 1. The highest BCUT2D eigenvalue weighted by Gasteiger charge is 2.30. The number of fused-ring (bicyclic) bond motifs is 3. The van der Waals surface area contributed by atoms with Crippen molar-refractivity contribution in [1.29, 1.82) is 0 Å². The molecule has 0 bridgehead atoms. The topological polar surface area (TPSA) is 72.5 Å². The van der Waals surface area contributed by atoms with Crippen molar-refractivity contribution < 1.29 is 4.79 Å². The summed E-state index contributed by atoms with van der Waals surface area (Å²) in [6.45, 7) is 0. The Morgan fingerprint density at radius 2 is 1.10 bits per heavy atom. The number of ketones is 1. The molecule has 2 aliphatic heterocycles. The van der Waals surface area contributed by atoms with Crippen LogP contribution < -0.4 is 10.2 Å². The average Bonchev–Trinajstić information content (AvgIpc) is 3.38. The lowest BCUT2D eigenvalue weighted by Gasteiger charge is -2.02. The second-order valence-corrected chi connectivity index (χ2v) is 4.73. The highest BCUT2D eigenvalue weighted by atomic mass is 16.1. The Kier molecular flexibility index (Phi) is 1.51. The maximum Gasteiger partial charge on any atom is 0.194 e. The molecule has 2 aromatic rings. The molecular formula is C13H6N6O. The van der Waals surface area contributed by atoms with E-state index in [4.69, 9.17) is 0 Å². The molecule has 1 aliphatic carbocycles. The van der Waals surface area contributed by atoms with Crippen LogP contribution in [0, 0.1) is 0 Å². The fourth-order valence-corrected chi connectivity index (χ4v) is 2.55. The summed E-state index contributed by atoms with van der Waals surface area (Å²) < 4.78 is 0. The van der Waals surface area contributed by atoms with Crippen molar-refractivity contribution in [2.75, 3.05) is 10.2 Å². The van der Waals surface area contributed by atoms with Crippen LogP contribution in [0.3, 0.4) is 0 Å². The van der Waals surface area contributed by atoms with E-state index in [0.717, 1.165) is 22.5 Å².